The van der Waals surface area contributed by atoms with E-state index in [0.29, 0.717) is 5.92 Å². The molecule has 0 bridgehead atoms. The molecule has 92 valence electrons. The summed E-state index contributed by atoms with van der Waals surface area (Å²) in [6.45, 7) is 8.58. The number of likely N-dealkylation sites (tertiary alicyclic amines) is 1. The summed E-state index contributed by atoms with van der Waals surface area (Å²) in [5.74, 6) is 1.37. The van der Waals surface area contributed by atoms with E-state index in [1.165, 1.54) is 25.9 Å². The molecular formula is C13H25N3. The molecule has 3 nitrogen and oxygen atoms in total. The number of nitrogens with one attached hydrogen (secondary N) is 1. The monoisotopic (exact) mass is 223 g/mol. The van der Waals surface area contributed by atoms with Gasteiger partial charge in [-0.15, -0.1) is 0 Å². The zero-order chi connectivity index (χ0) is 12.0. The van der Waals surface area contributed by atoms with Gasteiger partial charge in [0, 0.05) is 13.1 Å². The standard InChI is InChI=1S/C13H25N3/c1-11(2)13(7-14)9-15-8-12-5-4-6-16(3)10-12/h11-13,15H,4-6,8-10H2,1-3H3. The van der Waals surface area contributed by atoms with E-state index >= 15 is 0 Å². The molecule has 0 saturated carbocycles. The van der Waals surface area contributed by atoms with Crippen LogP contribution >= 0.6 is 0 Å². The van der Waals surface area contributed by atoms with Gasteiger partial charge >= 0.3 is 0 Å². The van der Waals surface area contributed by atoms with Crippen LogP contribution in [0.1, 0.15) is 26.7 Å². The third-order valence-electron chi connectivity index (χ3n) is 3.49. The Labute approximate surface area is 99.8 Å². The van der Waals surface area contributed by atoms with Crippen molar-refractivity contribution in [3.8, 4) is 6.07 Å². The molecule has 1 fully saturated rings. The fraction of sp³-hybridized carbons (Fsp3) is 0.923. The minimum atomic E-state index is 0.154. The first-order valence-corrected chi connectivity index (χ1v) is 6.42. The Bertz CT molecular complexity index is 232. The SMILES string of the molecule is CC(C)C(C#N)CNCC1CCCN(C)C1. The van der Waals surface area contributed by atoms with Gasteiger partial charge in [0.2, 0.25) is 0 Å². The van der Waals surface area contributed by atoms with Gasteiger partial charge in [0.1, 0.15) is 0 Å². The highest BCUT2D eigenvalue weighted by atomic mass is 15.1. The van der Waals surface area contributed by atoms with E-state index in [1.54, 1.807) is 0 Å². The molecule has 1 saturated heterocycles. The van der Waals surface area contributed by atoms with Gasteiger partial charge < -0.3 is 10.2 Å². The maximum absolute atomic E-state index is 8.98. The minimum absolute atomic E-state index is 0.154. The van der Waals surface area contributed by atoms with Crippen molar-refractivity contribution < 1.29 is 0 Å². The predicted molar refractivity (Wildman–Crippen MR) is 67.0 cm³/mol. The van der Waals surface area contributed by atoms with Crippen LogP contribution in [0.5, 0.6) is 0 Å². The van der Waals surface area contributed by atoms with Crippen molar-refractivity contribution >= 4 is 0 Å². The van der Waals surface area contributed by atoms with E-state index in [0.717, 1.165) is 19.0 Å². The van der Waals surface area contributed by atoms with Gasteiger partial charge in [-0.1, -0.05) is 13.8 Å². The van der Waals surface area contributed by atoms with Crippen LogP contribution in [-0.2, 0) is 0 Å². The molecule has 0 amide bonds. The smallest absolute Gasteiger partial charge is 0.0671 e. The second-order valence-electron chi connectivity index (χ2n) is 5.41. The van der Waals surface area contributed by atoms with Gasteiger partial charge in [-0.25, -0.2) is 0 Å². The molecule has 0 spiro atoms. The lowest BCUT2D eigenvalue weighted by atomic mass is 9.96. The van der Waals surface area contributed by atoms with Crippen molar-refractivity contribution in [2.45, 2.75) is 26.7 Å². The van der Waals surface area contributed by atoms with E-state index in [9.17, 15) is 0 Å². The average Bonchev–Trinajstić information content (AvgIpc) is 2.24. The topological polar surface area (TPSA) is 39.1 Å². The minimum Gasteiger partial charge on any atom is -0.315 e. The number of hydrogen-bond donors (Lipinski definition) is 1. The lowest BCUT2D eigenvalue weighted by Gasteiger charge is -2.30. The fourth-order valence-electron chi connectivity index (χ4n) is 2.31. The summed E-state index contributed by atoms with van der Waals surface area (Å²) in [6.07, 6.45) is 2.64. The third-order valence-corrected chi connectivity index (χ3v) is 3.49. The highest BCUT2D eigenvalue weighted by molar-refractivity contribution is 4.87. The van der Waals surface area contributed by atoms with Crippen LogP contribution in [0.25, 0.3) is 0 Å². The van der Waals surface area contributed by atoms with Gasteiger partial charge in [0.25, 0.3) is 0 Å². The first-order chi connectivity index (χ1) is 7.63. The zero-order valence-corrected chi connectivity index (χ0v) is 10.9. The number of hydrogen-bond acceptors (Lipinski definition) is 3. The first-order valence-electron chi connectivity index (χ1n) is 6.42. The van der Waals surface area contributed by atoms with Crippen molar-refractivity contribution in [3.05, 3.63) is 0 Å². The van der Waals surface area contributed by atoms with Crippen LogP contribution < -0.4 is 5.32 Å². The maximum Gasteiger partial charge on any atom is 0.0671 e. The summed E-state index contributed by atoms with van der Waals surface area (Å²) in [7, 11) is 2.19. The Hall–Kier alpha value is -0.590. The summed E-state index contributed by atoms with van der Waals surface area (Å²) in [5, 5.41) is 12.4. The van der Waals surface area contributed by atoms with Gasteiger partial charge in [-0.05, 0) is 44.8 Å². The van der Waals surface area contributed by atoms with Crippen LogP contribution in [-0.4, -0.2) is 38.1 Å². The Morgan fingerprint density at radius 2 is 2.25 bits per heavy atom. The Morgan fingerprint density at radius 3 is 2.81 bits per heavy atom. The van der Waals surface area contributed by atoms with Crippen molar-refractivity contribution in [1.82, 2.24) is 10.2 Å². The van der Waals surface area contributed by atoms with Crippen molar-refractivity contribution in [2.75, 3.05) is 33.2 Å². The molecule has 1 rings (SSSR count). The second-order valence-corrected chi connectivity index (χ2v) is 5.41. The second kappa shape index (κ2) is 6.88. The van der Waals surface area contributed by atoms with E-state index in [-0.39, 0.29) is 5.92 Å². The van der Waals surface area contributed by atoms with Crippen LogP contribution in [0.4, 0.5) is 0 Å². The summed E-state index contributed by atoms with van der Waals surface area (Å²) in [5.41, 5.74) is 0. The number of rotatable bonds is 5. The summed E-state index contributed by atoms with van der Waals surface area (Å²) in [4.78, 5) is 2.40. The number of nitrogens with zero attached hydrogens (tertiary/aromatic N) is 2. The van der Waals surface area contributed by atoms with E-state index in [2.05, 4.69) is 37.2 Å². The van der Waals surface area contributed by atoms with Crippen molar-refractivity contribution in [3.63, 3.8) is 0 Å². The molecular weight excluding hydrogens is 198 g/mol. The average molecular weight is 223 g/mol. The van der Waals surface area contributed by atoms with Crippen LogP contribution in [0, 0.1) is 29.1 Å². The number of nitriles is 1. The summed E-state index contributed by atoms with van der Waals surface area (Å²) < 4.78 is 0. The molecule has 1 aliphatic heterocycles. The highest BCUT2D eigenvalue weighted by Gasteiger charge is 2.18. The lowest BCUT2D eigenvalue weighted by molar-refractivity contribution is 0.204. The third kappa shape index (κ3) is 4.51. The fourth-order valence-corrected chi connectivity index (χ4v) is 2.31. The van der Waals surface area contributed by atoms with Crippen LogP contribution in [0.2, 0.25) is 0 Å². The number of piperidine rings is 1. The predicted octanol–water partition coefficient (Wildman–Crippen LogP) is 1.71. The molecule has 1 heterocycles. The summed E-state index contributed by atoms with van der Waals surface area (Å²) >= 11 is 0. The van der Waals surface area contributed by atoms with E-state index in [1.807, 2.05) is 0 Å². The lowest BCUT2D eigenvalue weighted by Crippen LogP contribution is -2.38. The largest absolute Gasteiger partial charge is 0.315 e. The van der Waals surface area contributed by atoms with E-state index in [4.69, 9.17) is 5.26 Å². The normalized spacial score (nSPS) is 24.3. The first kappa shape index (κ1) is 13.5. The quantitative estimate of drug-likeness (QED) is 0.771. The maximum atomic E-state index is 8.98. The van der Waals surface area contributed by atoms with Crippen molar-refractivity contribution in [2.24, 2.45) is 17.8 Å². The molecule has 0 aromatic carbocycles. The van der Waals surface area contributed by atoms with Gasteiger partial charge in [0.15, 0.2) is 0 Å². The Balaban J connectivity index is 2.17. The highest BCUT2D eigenvalue weighted by Crippen LogP contribution is 2.14. The van der Waals surface area contributed by atoms with Crippen LogP contribution in [0.15, 0.2) is 0 Å². The van der Waals surface area contributed by atoms with Crippen LogP contribution in [0.3, 0.4) is 0 Å². The molecule has 0 aliphatic carbocycles. The molecule has 1 N–H and O–H groups in total. The molecule has 0 aromatic rings. The Morgan fingerprint density at radius 1 is 1.50 bits per heavy atom. The molecule has 1 aliphatic rings. The van der Waals surface area contributed by atoms with E-state index < -0.39 is 0 Å². The molecule has 2 atom stereocenters. The van der Waals surface area contributed by atoms with Gasteiger partial charge in [-0.2, -0.15) is 5.26 Å². The zero-order valence-electron chi connectivity index (χ0n) is 10.9. The molecule has 0 radical (unpaired) electrons. The van der Waals surface area contributed by atoms with Crippen molar-refractivity contribution in [1.29, 1.82) is 5.26 Å². The molecule has 0 aromatic heterocycles. The Kier molecular flexibility index (Phi) is 5.79. The molecule has 2 unspecified atom stereocenters. The molecule has 16 heavy (non-hydrogen) atoms. The van der Waals surface area contributed by atoms with Gasteiger partial charge in [-0.3, -0.25) is 0 Å². The summed E-state index contributed by atoms with van der Waals surface area (Å²) in [6, 6.07) is 2.38. The van der Waals surface area contributed by atoms with Gasteiger partial charge in [0.05, 0.1) is 12.0 Å². The molecule has 3 heteroatoms.